The Morgan fingerprint density at radius 3 is 1.05 bits per heavy atom. The zero-order valence-corrected chi connectivity index (χ0v) is 54.5. The summed E-state index contributed by atoms with van der Waals surface area (Å²) in [5, 5.41) is 14.2. The van der Waals surface area contributed by atoms with Crippen molar-refractivity contribution < 1.29 is 32.9 Å². The molecular formula is C70H138N2O6P+. The van der Waals surface area contributed by atoms with Crippen molar-refractivity contribution in [2.24, 2.45) is 0 Å². The van der Waals surface area contributed by atoms with Gasteiger partial charge in [-0.1, -0.05) is 333 Å². The first-order valence-electron chi connectivity index (χ1n) is 34.9. The molecule has 9 heteroatoms. The molecule has 0 aliphatic rings. The third kappa shape index (κ3) is 64.1. The molecule has 3 atom stereocenters. The topological polar surface area (TPSA) is 105 Å². The summed E-state index contributed by atoms with van der Waals surface area (Å²) in [6, 6.07) is -0.763. The minimum absolute atomic E-state index is 0.0757. The number of allylic oxidation sites excluding steroid dienone is 6. The Balaban J connectivity index is 4.03. The minimum Gasteiger partial charge on any atom is -0.391 e. The zero-order chi connectivity index (χ0) is 57.7. The van der Waals surface area contributed by atoms with Crippen molar-refractivity contribution in [3.8, 4) is 0 Å². The van der Waals surface area contributed by atoms with E-state index < -0.39 is 20.0 Å². The van der Waals surface area contributed by atoms with E-state index in [2.05, 4.69) is 55.6 Å². The number of phosphoric acid groups is 1. The first-order chi connectivity index (χ1) is 38.5. The van der Waals surface area contributed by atoms with Gasteiger partial charge in [-0.3, -0.25) is 13.8 Å². The van der Waals surface area contributed by atoms with Gasteiger partial charge in [-0.15, -0.1) is 0 Å². The van der Waals surface area contributed by atoms with Crippen LogP contribution < -0.4 is 5.32 Å². The number of likely N-dealkylation sites (N-methyl/N-ethyl adjacent to an activating group) is 1. The van der Waals surface area contributed by atoms with Gasteiger partial charge in [0.1, 0.15) is 13.2 Å². The van der Waals surface area contributed by atoms with Gasteiger partial charge in [0.15, 0.2) is 0 Å². The van der Waals surface area contributed by atoms with E-state index in [0.29, 0.717) is 23.9 Å². The molecule has 0 bridgehead atoms. The van der Waals surface area contributed by atoms with Gasteiger partial charge in [0.25, 0.3) is 0 Å². The number of aliphatic hydroxyl groups excluding tert-OH is 1. The number of nitrogens with zero attached hydrogens (tertiary/aromatic N) is 1. The van der Waals surface area contributed by atoms with Crippen LogP contribution in [0, 0.1) is 0 Å². The molecule has 0 saturated heterocycles. The molecule has 0 aliphatic carbocycles. The lowest BCUT2D eigenvalue weighted by molar-refractivity contribution is -0.870. The molecule has 0 fully saturated rings. The van der Waals surface area contributed by atoms with Crippen LogP contribution in [0.15, 0.2) is 36.5 Å². The van der Waals surface area contributed by atoms with Crippen LogP contribution in [-0.2, 0) is 18.4 Å². The molecule has 0 aromatic rings. The van der Waals surface area contributed by atoms with Crippen molar-refractivity contribution >= 4 is 13.7 Å². The highest BCUT2D eigenvalue weighted by atomic mass is 31.2. The lowest BCUT2D eigenvalue weighted by Gasteiger charge is -2.26. The highest BCUT2D eigenvalue weighted by Gasteiger charge is 2.28. The van der Waals surface area contributed by atoms with Crippen LogP contribution in [0.1, 0.15) is 354 Å². The molecule has 0 saturated carbocycles. The summed E-state index contributed by atoms with van der Waals surface area (Å²) < 4.78 is 23.9. The predicted molar refractivity (Wildman–Crippen MR) is 346 cm³/mol. The smallest absolute Gasteiger partial charge is 0.391 e. The highest BCUT2D eigenvalue weighted by molar-refractivity contribution is 7.47. The number of rotatable bonds is 65. The maximum atomic E-state index is 13.1. The Morgan fingerprint density at radius 1 is 0.430 bits per heavy atom. The van der Waals surface area contributed by atoms with Gasteiger partial charge in [0.05, 0.1) is 39.9 Å². The molecule has 0 aliphatic heterocycles. The van der Waals surface area contributed by atoms with Gasteiger partial charge in [0, 0.05) is 6.42 Å². The summed E-state index contributed by atoms with van der Waals surface area (Å²) in [5.41, 5.74) is 0. The van der Waals surface area contributed by atoms with E-state index in [9.17, 15) is 19.4 Å². The van der Waals surface area contributed by atoms with Crippen molar-refractivity contribution in [1.29, 1.82) is 0 Å². The molecule has 0 aromatic heterocycles. The Morgan fingerprint density at radius 2 is 0.722 bits per heavy atom. The number of quaternary nitrogens is 1. The third-order valence-corrected chi connectivity index (χ3v) is 17.1. The number of phosphoric ester groups is 1. The van der Waals surface area contributed by atoms with Gasteiger partial charge in [-0.2, -0.15) is 0 Å². The van der Waals surface area contributed by atoms with Crippen LogP contribution in [0.2, 0.25) is 0 Å². The summed E-state index contributed by atoms with van der Waals surface area (Å²) in [5.74, 6) is -0.139. The van der Waals surface area contributed by atoms with Crippen LogP contribution >= 0.6 is 7.82 Å². The average molecular weight is 1130 g/mol. The van der Waals surface area contributed by atoms with Crippen molar-refractivity contribution in [3.05, 3.63) is 36.5 Å². The molecule has 8 nitrogen and oxygen atoms in total. The SMILES string of the molecule is CCCCCCC/C=C\C/C=C\C/C=C\CCCCCCCCCCCCCCCCC(=O)NC(COP(=O)(O)OCC[N+](C)(C)C)C(O)CCCCCCCCCCCCCCCCCCCCCCCCCCCCCC. The van der Waals surface area contributed by atoms with E-state index in [1.165, 1.54) is 276 Å². The fraction of sp³-hybridized carbons (Fsp3) is 0.900. The molecule has 0 aromatic carbocycles. The molecule has 3 unspecified atom stereocenters. The Bertz CT molecular complexity index is 1380. The molecule has 0 rings (SSSR count). The van der Waals surface area contributed by atoms with E-state index in [1.54, 1.807) is 0 Å². The fourth-order valence-corrected chi connectivity index (χ4v) is 11.4. The van der Waals surface area contributed by atoms with E-state index in [-0.39, 0.29) is 19.1 Å². The fourth-order valence-electron chi connectivity index (χ4n) is 10.7. The first kappa shape index (κ1) is 77.7. The van der Waals surface area contributed by atoms with Gasteiger partial charge in [-0.25, -0.2) is 4.57 Å². The maximum Gasteiger partial charge on any atom is 0.472 e. The monoisotopic (exact) mass is 1130 g/mol. The summed E-state index contributed by atoms with van der Waals surface area (Å²) in [6.45, 7) is 4.93. The molecular weight excluding hydrogens is 996 g/mol. The predicted octanol–water partition coefficient (Wildman–Crippen LogP) is 22.1. The van der Waals surface area contributed by atoms with Crippen LogP contribution in [0.4, 0.5) is 0 Å². The van der Waals surface area contributed by atoms with E-state index in [1.807, 2.05) is 21.1 Å². The molecule has 0 heterocycles. The van der Waals surface area contributed by atoms with E-state index in [4.69, 9.17) is 9.05 Å². The quantitative estimate of drug-likeness (QED) is 0.0243. The lowest BCUT2D eigenvalue weighted by atomic mass is 10.0. The largest absolute Gasteiger partial charge is 0.472 e. The van der Waals surface area contributed by atoms with Crippen LogP contribution in [0.25, 0.3) is 0 Å². The molecule has 0 radical (unpaired) electrons. The number of carbonyl (C=O) groups is 1. The van der Waals surface area contributed by atoms with Gasteiger partial charge >= 0.3 is 7.82 Å². The first-order valence-corrected chi connectivity index (χ1v) is 36.3. The Hall–Kier alpha value is -1.28. The third-order valence-electron chi connectivity index (χ3n) is 16.1. The molecule has 79 heavy (non-hydrogen) atoms. The summed E-state index contributed by atoms with van der Waals surface area (Å²) in [7, 11) is 1.63. The number of carbonyl (C=O) groups excluding carboxylic acids is 1. The van der Waals surface area contributed by atoms with Crippen molar-refractivity contribution in [3.63, 3.8) is 0 Å². The zero-order valence-electron chi connectivity index (χ0n) is 53.6. The second kappa shape index (κ2) is 61.3. The van der Waals surface area contributed by atoms with Crippen LogP contribution in [0.5, 0.6) is 0 Å². The Kier molecular flexibility index (Phi) is 60.3. The minimum atomic E-state index is -4.33. The van der Waals surface area contributed by atoms with E-state index in [0.717, 1.165) is 51.4 Å². The van der Waals surface area contributed by atoms with E-state index >= 15 is 0 Å². The Labute approximate surface area is 493 Å². The summed E-state index contributed by atoms with van der Waals surface area (Å²) in [6.07, 6.45) is 81.0. The second-order valence-electron chi connectivity index (χ2n) is 25.3. The van der Waals surface area contributed by atoms with Gasteiger partial charge in [-0.05, 0) is 51.4 Å². The number of aliphatic hydroxyl groups is 1. The number of unbranched alkanes of at least 4 members (excludes halogenated alkanes) is 46. The average Bonchev–Trinajstić information content (AvgIpc) is 3.42. The second-order valence-corrected chi connectivity index (χ2v) is 26.7. The van der Waals surface area contributed by atoms with Crippen molar-refractivity contribution in [1.82, 2.24) is 5.32 Å². The summed E-state index contributed by atoms with van der Waals surface area (Å²) in [4.78, 5) is 23.5. The van der Waals surface area contributed by atoms with Crippen LogP contribution in [0.3, 0.4) is 0 Å². The molecule has 0 spiro atoms. The normalized spacial score (nSPS) is 13.9. The van der Waals surface area contributed by atoms with Crippen LogP contribution in [-0.4, -0.2) is 73.4 Å². The number of nitrogens with one attached hydrogen (secondary N) is 1. The number of amides is 1. The maximum absolute atomic E-state index is 13.1. The van der Waals surface area contributed by atoms with Crippen molar-refractivity contribution in [2.75, 3.05) is 40.9 Å². The van der Waals surface area contributed by atoms with Gasteiger partial charge in [0.2, 0.25) is 5.91 Å². The van der Waals surface area contributed by atoms with Gasteiger partial charge < -0.3 is 19.8 Å². The molecule has 1 amide bonds. The number of hydrogen-bond acceptors (Lipinski definition) is 5. The summed E-state index contributed by atoms with van der Waals surface area (Å²) >= 11 is 0. The standard InChI is InChI=1S/C70H137N2O6P/c1-6-8-10-12-14-16-18-20-22-24-26-28-30-32-34-36-38-40-42-44-46-48-50-52-54-56-58-60-62-64-70(74)71-68(67-78-79(75,76)77-66-65-72(3,4)5)69(73)63-61-59-57-55-53-51-49-47-45-43-41-39-37-35-33-31-29-27-25-23-21-19-17-15-13-11-9-7-2/h18,20,24,26,30,32,68-69,73H,6-17,19,21-23,25,27-29,31,33-67H2,1-5H3,(H-,71,74,75,76)/p+1/b20-18-,26-24-,32-30-. The molecule has 468 valence electrons. The van der Waals surface area contributed by atoms with Crippen molar-refractivity contribution in [2.45, 2.75) is 366 Å². The highest BCUT2D eigenvalue weighted by Crippen LogP contribution is 2.43. The lowest BCUT2D eigenvalue weighted by Crippen LogP contribution is -2.46. The number of hydrogen-bond donors (Lipinski definition) is 3. The molecule has 3 N–H and O–H groups in total.